The van der Waals surface area contributed by atoms with Crippen molar-refractivity contribution in [3.63, 3.8) is 0 Å². The summed E-state index contributed by atoms with van der Waals surface area (Å²) in [5.74, 6) is 0.879. The number of nitrogens with zero attached hydrogens (tertiary/aromatic N) is 2. The zero-order valence-electron chi connectivity index (χ0n) is 17.5. The maximum Gasteiger partial charge on any atom is 0.134 e. The van der Waals surface area contributed by atoms with Gasteiger partial charge in [-0.2, -0.15) is 0 Å². The molecule has 2 heterocycles. The predicted molar refractivity (Wildman–Crippen MR) is 112 cm³/mol. The van der Waals surface area contributed by atoms with Crippen LogP contribution < -0.4 is 21.3 Å². The summed E-state index contributed by atoms with van der Waals surface area (Å²) in [6, 6.07) is 3.05. The minimum absolute atomic E-state index is 0.118. The monoisotopic (exact) mass is 391 g/mol. The third kappa shape index (κ3) is 5.42. The zero-order chi connectivity index (χ0) is 20.1. The summed E-state index contributed by atoms with van der Waals surface area (Å²) in [5, 5.41) is 16.5. The van der Waals surface area contributed by atoms with Gasteiger partial charge in [-0.15, -0.1) is 0 Å². The molecule has 7 nitrogen and oxygen atoms in total. The van der Waals surface area contributed by atoms with E-state index < -0.39 is 12.4 Å². The van der Waals surface area contributed by atoms with Gasteiger partial charge in [-0.3, -0.25) is 5.32 Å². The van der Waals surface area contributed by atoms with Crippen molar-refractivity contribution in [2.75, 3.05) is 25.1 Å². The van der Waals surface area contributed by atoms with Crippen molar-refractivity contribution >= 4 is 5.82 Å². The Labute approximate surface area is 169 Å². The van der Waals surface area contributed by atoms with E-state index in [1.165, 1.54) is 32.1 Å². The van der Waals surface area contributed by atoms with Crippen LogP contribution in [0, 0.1) is 6.92 Å². The number of rotatable bonds is 7. The fourth-order valence-corrected chi connectivity index (χ4v) is 4.54. The van der Waals surface area contributed by atoms with E-state index in [4.69, 9.17) is 10.5 Å². The maximum atomic E-state index is 9.67. The molecule has 1 saturated heterocycles. The van der Waals surface area contributed by atoms with Gasteiger partial charge >= 0.3 is 0 Å². The fourth-order valence-electron chi connectivity index (χ4n) is 4.54. The molecule has 5 N–H and O–H groups in total. The molecule has 1 aliphatic carbocycles. The van der Waals surface area contributed by atoms with Crippen LogP contribution in [-0.2, 0) is 4.74 Å². The Balaban J connectivity index is 1.71. The third-order valence-corrected chi connectivity index (χ3v) is 6.00. The van der Waals surface area contributed by atoms with E-state index in [1.54, 1.807) is 14.0 Å². The topological polar surface area (TPSA) is 95.7 Å². The van der Waals surface area contributed by atoms with Crippen LogP contribution in [0.5, 0.6) is 0 Å². The highest BCUT2D eigenvalue weighted by Gasteiger charge is 2.33. The van der Waals surface area contributed by atoms with Gasteiger partial charge in [-0.25, -0.2) is 4.98 Å². The van der Waals surface area contributed by atoms with Crippen molar-refractivity contribution in [2.45, 2.75) is 83.0 Å². The number of methoxy groups -OCH3 is 1. The molecule has 2 fully saturated rings. The lowest BCUT2D eigenvalue weighted by Crippen LogP contribution is -2.56. The van der Waals surface area contributed by atoms with Crippen molar-refractivity contribution in [1.82, 2.24) is 15.6 Å². The van der Waals surface area contributed by atoms with Crippen LogP contribution in [-0.4, -0.2) is 54.7 Å². The first kappa shape index (κ1) is 21.5. The summed E-state index contributed by atoms with van der Waals surface area (Å²) in [6.45, 7) is 5.37. The van der Waals surface area contributed by atoms with E-state index in [2.05, 4.69) is 26.6 Å². The fraction of sp³-hybridized carbons (Fsp3) is 0.762. The van der Waals surface area contributed by atoms with Gasteiger partial charge in [0.1, 0.15) is 12.0 Å². The van der Waals surface area contributed by atoms with Crippen LogP contribution in [0.1, 0.15) is 62.7 Å². The average Bonchev–Trinajstić information content (AvgIpc) is 2.68. The highest BCUT2D eigenvalue weighted by molar-refractivity contribution is 5.50. The molecule has 2 aliphatic rings. The number of hydrogen-bond donors (Lipinski definition) is 4. The lowest BCUT2D eigenvalue weighted by molar-refractivity contribution is 0.0533. The Morgan fingerprint density at radius 1 is 1.29 bits per heavy atom. The highest BCUT2D eigenvalue weighted by Crippen LogP contribution is 2.28. The first-order valence-electron chi connectivity index (χ1n) is 10.7. The normalized spacial score (nSPS) is 26.2. The molecular formula is C21H37N5O2. The summed E-state index contributed by atoms with van der Waals surface area (Å²) in [6.07, 6.45) is 8.45. The van der Waals surface area contributed by atoms with E-state index in [0.29, 0.717) is 12.1 Å². The molecule has 2 unspecified atom stereocenters. The third-order valence-electron chi connectivity index (χ3n) is 6.00. The van der Waals surface area contributed by atoms with Gasteiger partial charge in [0.25, 0.3) is 0 Å². The number of aryl methyl sites for hydroxylation is 1. The van der Waals surface area contributed by atoms with E-state index >= 15 is 0 Å². The van der Waals surface area contributed by atoms with Crippen LogP contribution >= 0.6 is 0 Å². The SMILES string of the molecule is CO[C@H]1CN(c2ncc(C)cc2C(N)NC(C)O)CC[C@H]1NC1CCCCC1. The van der Waals surface area contributed by atoms with E-state index in [-0.39, 0.29) is 6.10 Å². The van der Waals surface area contributed by atoms with Gasteiger partial charge in [0.15, 0.2) is 0 Å². The second-order valence-corrected chi connectivity index (χ2v) is 8.36. The molecule has 7 heteroatoms. The smallest absolute Gasteiger partial charge is 0.134 e. The quantitative estimate of drug-likeness (QED) is 0.526. The number of anilines is 1. The van der Waals surface area contributed by atoms with Crippen LogP contribution in [0.4, 0.5) is 5.82 Å². The van der Waals surface area contributed by atoms with Crippen molar-refractivity contribution in [1.29, 1.82) is 0 Å². The molecule has 0 bridgehead atoms. The first-order chi connectivity index (χ1) is 13.5. The van der Waals surface area contributed by atoms with Crippen LogP contribution in [0.3, 0.4) is 0 Å². The van der Waals surface area contributed by atoms with Crippen molar-refractivity contribution in [3.8, 4) is 0 Å². The number of aromatic nitrogens is 1. The molecule has 158 valence electrons. The Hall–Kier alpha value is -1.25. The van der Waals surface area contributed by atoms with Crippen molar-refractivity contribution in [2.24, 2.45) is 5.73 Å². The number of aliphatic hydroxyl groups excluding tert-OH is 1. The predicted octanol–water partition coefficient (Wildman–Crippen LogP) is 1.79. The minimum atomic E-state index is -0.680. The molecule has 0 spiro atoms. The molecule has 28 heavy (non-hydrogen) atoms. The Morgan fingerprint density at radius 3 is 2.71 bits per heavy atom. The van der Waals surface area contributed by atoms with Crippen molar-refractivity contribution in [3.05, 3.63) is 23.4 Å². The van der Waals surface area contributed by atoms with Gasteiger partial charge in [0.2, 0.25) is 0 Å². The van der Waals surface area contributed by atoms with Crippen LogP contribution in [0.15, 0.2) is 12.3 Å². The second-order valence-electron chi connectivity index (χ2n) is 8.36. The van der Waals surface area contributed by atoms with Gasteiger partial charge < -0.3 is 25.8 Å². The summed E-state index contributed by atoms with van der Waals surface area (Å²) in [7, 11) is 1.80. The Morgan fingerprint density at radius 2 is 2.04 bits per heavy atom. The summed E-state index contributed by atoms with van der Waals surface area (Å²) in [4.78, 5) is 6.96. The van der Waals surface area contributed by atoms with E-state index in [9.17, 15) is 5.11 Å². The average molecular weight is 392 g/mol. The number of piperidine rings is 1. The lowest BCUT2D eigenvalue weighted by Gasteiger charge is -2.41. The number of pyridine rings is 1. The van der Waals surface area contributed by atoms with Crippen molar-refractivity contribution < 1.29 is 9.84 Å². The van der Waals surface area contributed by atoms with Crippen LogP contribution in [0.25, 0.3) is 0 Å². The number of aliphatic hydroxyl groups is 1. The van der Waals surface area contributed by atoms with Crippen LogP contribution in [0.2, 0.25) is 0 Å². The summed E-state index contributed by atoms with van der Waals surface area (Å²) >= 11 is 0. The second kappa shape index (κ2) is 9.98. The molecule has 3 rings (SSSR count). The molecule has 1 aromatic heterocycles. The molecule has 0 amide bonds. The zero-order valence-corrected chi connectivity index (χ0v) is 17.5. The maximum absolute atomic E-state index is 9.67. The molecule has 1 saturated carbocycles. The summed E-state index contributed by atoms with van der Waals surface area (Å²) in [5.41, 5.74) is 8.27. The standard InChI is InChI=1S/C21H37N5O2/c1-14-11-17(20(22)24-15(2)27)21(23-12-14)26-10-9-18(19(13-26)28-3)25-16-7-5-4-6-8-16/h11-12,15-16,18-20,24-25,27H,4-10,13,22H2,1-3H3/t15?,18-,19+,20?/m1/s1. The van der Waals surface area contributed by atoms with Gasteiger partial charge in [0, 0.05) is 44.0 Å². The minimum Gasteiger partial charge on any atom is -0.379 e. The molecule has 1 aliphatic heterocycles. The number of nitrogens with two attached hydrogens (primary N) is 1. The molecule has 1 aromatic rings. The molecular weight excluding hydrogens is 354 g/mol. The lowest BCUT2D eigenvalue weighted by atomic mass is 9.92. The number of hydrogen-bond acceptors (Lipinski definition) is 7. The molecule has 0 aromatic carbocycles. The molecule has 0 radical (unpaired) electrons. The van der Waals surface area contributed by atoms with E-state index in [0.717, 1.165) is 36.5 Å². The Kier molecular flexibility index (Phi) is 7.65. The largest absolute Gasteiger partial charge is 0.379 e. The Bertz CT molecular complexity index is 621. The van der Waals surface area contributed by atoms with E-state index in [1.807, 2.05) is 13.1 Å². The van der Waals surface area contributed by atoms with Gasteiger partial charge in [-0.05, 0) is 44.7 Å². The van der Waals surface area contributed by atoms with Gasteiger partial charge in [0.05, 0.1) is 12.3 Å². The summed E-state index contributed by atoms with van der Waals surface area (Å²) < 4.78 is 5.87. The highest BCUT2D eigenvalue weighted by atomic mass is 16.5. The van der Waals surface area contributed by atoms with Gasteiger partial charge in [-0.1, -0.05) is 19.3 Å². The first-order valence-corrected chi connectivity index (χ1v) is 10.7. The number of ether oxygens (including phenoxy) is 1. The molecule has 4 atom stereocenters. The number of nitrogens with one attached hydrogen (secondary N) is 2.